The summed E-state index contributed by atoms with van der Waals surface area (Å²) in [6, 6.07) is 7.95. The van der Waals surface area contributed by atoms with Gasteiger partial charge in [-0.15, -0.1) is 0 Å². The lowest BCUT2D eigenvalue weighted by Crippen LogP contribution is -2.54. The topological polar surface area (TPSA) is 56.6 Å². The van der Waals surface area contributed by atoms with Crippen LogP contribution in [0.25, 0.3) is 5.69 Å². The van der Waals surface area contributed by atoms with E-state index < -0.39 is 28.9 Å². The SMILES string of the molecule is O=C(c1cnn(-c2ccccc2)c1C(F)(F)F)N1CCO[C@]2(CCOC2)C1. The number of benzene rings is 1. The molecule has 1 atom stereocenters. The molecule has 0 unspecified atom stereocenters. The Morgan fingerprint density at radius 1 is 1.19 bits per heavy atom. The van der Waals surface area contributed by atoms with Crippen molar-refractivity contribution in [3.05, 3.63) is 47.8 Å². The van der Waals surface area contributed by atoms with Crippen LogP contribution in [0.15, 0.2) is 36.5 Å². The summed E-state index contributed by atoms with van der Waals surface area (Å²) in [5, 5.41) is 3.85. The van der Waals surface area contributed by atoms with E-state index in [1.54, 1.807) is 18.2 Å². The minimum Gasteiger partial charge on any atom is -0.378 e. The molecule has 1 amide bonds. The molecule has 1 spiro atoms. The quantitative estimate of drug-likeness (QED) is 0.802. The van der Waals surface area contributed by atoms with Crippen molar-refractivity contribution in [3.63, 3.8) is 0 Å². The summed E-state index contributed by atoms with van der Waals surface area (Å²) in [5.74, 6) is -0.695. The Kier molecular flexibility index (Phi) is 4.43. The van der Waals surface area contributed by atoms with Crippen LogP contribution >= 0.6 is 0 Å². The van der Waals surface area contributed by atoms with E-state index in [1.807, 2.05) is 0 Å². The Hall–Kier alpha value is -2.39. The van der Waals surface area contributed by atoms with Gasteiger partial charge in [0.25, 0.3) is 5.91 Å². The van der Waals surface area contributed by atoms with Crippen LogP contribution in [0.5, 0.6) is 0 Å². The number of amides is 1. The third-order valence-corrected chi connectivity index (χ3v) is 4.87. The van der Waals surface area contributed by atoms with Crippen molar-refractivity contribution in [1.82, 2.24) is 14.7 Å². The molecule has 2 aromatic rings. The highest BCUT2D eigenvalue weighted by molar-refractivity contribution is 5.95. The summed E-state index contributed by atoms with van der Waals surface area (Å²) in [6.07, 6.45) is -3.12. The molecule has 2 saturated heterocycles. The van der Waals surface area contributed by atoms with Crippen LogP contribution in [0.2, 0.25) is 0 Å². The van der Waals surface area contributed by atoms with Crippen molar-refractivity contribution in [1.29, 1.82) is 0 Å². The summed E-state index contributed by atoms with van der Waals surface area (Å²) >= 11 is 0. The molecule has 0 radical (unpaired) electrons. The highest BCUT2D eigenvalue weighted by atomic mass is 19.4. The highest BCUT2D eigenvalue weighted by Gasteiger charge is 2.45. The summed E-state index contributed by atoms with van der Waals surface area (Å²) in [4.78, 5) is 14.3. The predicted molar refractivity (Wildman–Crippen MR) is 88.6 cm³/mol. The standard InChI is InChI=1S/C18H18F3N3O3/c19-18(20,21)15-14(10-22-24(15)13-4-2-1-3-5-13)16(25)23-7-9-27-17(11-23)6-8-26-12-17/h1-5,10H,6-9,11-12H2/t17-/m1/s1. The van der Waals surface area contributed by atoms with E-state index in [0.717, 1.165) is 10.9 Å². The number of nitrogens with zero attached hydrogens (tertiary/aromatic N) is 3. The van der Waals surface area contributed by atoms with Crippen molar-refractivity contribution in [2.75, 3.05) is 32.9 Å². The van der Waals surface area contributed by atoms with Gasteiger partial charge in [0.15, 0.2) is 5.69 Å². The number of alkyl halides is 3. The van der Waals surface area contributed by atoms with Gasteiger partial charge in [0.2, 0.25) is 0 Å². The van der Waals surface area contributed by atoms with Gasteiger partial charge in [-0.25, -0.2) is 4.68 Å². The Morgan fingerprint density at radius 2 is 1.96 bits per heavy atom. The average molecular weight is 381 g/mol. The molecule has 1 aromatic carbocycles. The molecular weight excluding hydrogens is 363 g/mol. The van der Waals surface area contributed by atoms with Crippen molar-refractivity contribution >= 4 is 5.91 Å². The minimum absolute atomic E-state index is 0.208. The summed E-state index contributed by atoms with van der Waals surface area (Å²) < 4.78 is 53.2. The number of hydrogen-bond donors (Lipinski definition) is 0. The average Bonchev–Trinajstić information content (AvgIpc) is 3.29. The molecule has 3 heterocycles. The van der Waals surface area contributed by atoms with Gasteiger partial charge in [-0.3, -0.25) is 4.79 Å². The number of ether oxygens (including phenoxy) is 2. The first-order valence-corrected chi connectivity index (χ1v) is 8.61. The number of halogens is 3. The summed E-state index contributed by atoms with van der Waals surface area (Å²) in [6.45, 7) is 1.56. The zero-order chi connectivity index (χ0) is 19.1. The predicted octanol–water partition coefficient (Wildman–Crippen LogP) is 2.52. The molecule has 2 aliphatic rings. The number of hydrogen-bond acceptors (Lipinski definition) is 4. The van der Waals surface area contributed by atoms with E-state index in [2.05, 4.69) is 5.10 Å². The Balaban J connectivity index is 1.69. The first-order chi connectivity index (χ1) is 12.9. The maximum atomic E-state index is 13.8. The van der Waals surface area contributed by atoms with Gasteiger partial charge in [0.05, 0.1) is 37.2 Å². The van der Waals surface area contributed by atoms with E-state index in [-0.39, 0.29) is 25.4 Å². The molecule has 1 aromatic heterocycles. The van der Waals surface area contributed by atoms with Crippen molar-refractivity contribution < 1.29 is 27.4 Å². The lowest BCUT2D eigenvalue weighted by Gasteiger charge is -2.39. The highest BCUT2D eigenvalue weighted by Crippen LogP contribution is 2.35. The number of carbonyl (C=O) groups excluding carboxylic acids is 1. The molecule has 2 aliphatic heterocycles. The molecule has 2 fully saturated rings. The Labute approximate surface area is 153 Å². The zero-order valence-electron chi connectivity index (χ0n) is 14.4. The van der Waals surface area contributed by atoms with Crippen molar-refractivity contribution in [2.24, 2.45) is 0 Å². The second kappa shape index (κ2) is 6.65. The Bertz CT molecular complexity index is 829. The van der Waals surface area contributed by atoms with Crippen LogP contribution in [0.4, 0.5) is 13.2 Å². The molecule has 6 nitrogen and oxygen atoms in total. The normalized spacial score (nSPS) is 23.1. The molecule has 144 valence electrons. The van der Waals surface area contributed by atoms with Gasteiger partial charge in [0, 0.05) is 19.6 Å². The lowest BCUT2D eigenvalue weighted by atomic mass is 10.00. The van der Waals surface area contributed by atoms with Crippen LogP contribution in [0, 0.1) is 0 Å². The van der Waals surface area contributed by atoms with E-state index in [0.29, 0.717) is 19.6 Å². The van der Waals surface area contributed by atoms with Gasteiger partial charge < -0.3 is 14.4 Å². The third kappa shape index (κ3) is 3.32. The van der Waals surface area contributed by atoms with Crippen LogP contribution in [0.3, 0.4) is 0 Å². The fraction of sp³-hybridized carbons (Fsp3) is 0.444. The monoisotopic (exact) mass is 381 g/mol. The molecule has 0 aliphatic carbocycles. The first kappa shape index (κ1) is 18.0. The summed E-state index contributed by atoms with van der Waals surface area (Å²) in [7, 11) is 0. The van der Waals surface area contributed by atoms with E-state index >= 15 is 0 Å². The molecule has 0 saturated carbocycles. The number of morpholine rings is 1. The van der Waals surface area contributed by atoms with Crippen LogP contribution < -0.4 is 0 Å². The smallest absolute Gasteiger partial charge is 0.378 e. The molecule has 4 rings (SSSR count). The number of carbonyl (C=O) groups is 1. The maximum Gasteiger partial charge on any atom is 0.434 e. The molecule has 27 heavy (non-hydrogen) atoms. The number of para-hydroxylation sites is 1. The second-order valence-electron chi connectivity index (χ2n) is 6.71. The second-order valence-corrected chi connectivity index (χ2v) is 6.71. The molecule has 0 bridgehead atoms. The Morgan fingerprint density at radius 3 is 2.63 bits per heavy atom. The van der Waals surface area contributed by atoms with Gasteiger partial charge in [-0.05, 0) is 12.1 Å². The van der Waals surface area contributed by atoms with Crippen LogP contribution in [-0.4, -0.2) is 59.1 Å². The van der Waals surface area contributed by atoms with Crippen LogP contribution in [0.1, 0.15) is 22.5 Å². The largest absolute Gasteiger partial charge is 0.434 e. The van der Waals surface area contributed by atoms with Crippen molar-refractivity contribution in [3.8, 4) is 5.69 Å². The van der Waals surface area contributed by atoms with E-state index in [9.17, 15) is 18.0 Å². The molecule has 9 heteroatoms. The van der Waals surface area contributed by atoms with Crippen molar-refractivity contribution in [2.45, 2.75) is 18.2 Å². The molecular formula is C18H18F3N3O3. The summed E-state index contributed by atoms with van der Waals surface area (Å²) in [5.41, 5.74) is -1.90. The van der Waals surface area contributed by atoms with Gasteiger partial charge in [0.1, 0.15) is 5.60 Å². The maximum absolute atomic E-state index is 13.8. The van der Waals surface area contributed by atoms with E-state index in [4.69, 9.17) is 9.47 Å². The molecule has 0 N–H and O–H groups in total. The minimum atomic E-state index is -4.72. The fourth-order valence-electron chi connectivity index (χ4n) is 3.56. The zero-order valence-corrected chi connectivity index (χ0v) is 14.4. The first-order valence-electron chi connectivity index (χ1n) is 8.61. The number of aromatic nitrogens is 2. The lowest BCUT2D eigenvalue weighted by molar-refractivity contribution is -0.143. The van der Waals surface area contributed by atoms with Gasteiger partial charge in [-0.1, -0.05) is 18.2 Å². The fourth-order valence-corrected chi connectivity index (χ4v) is 3.56. The number of rotatable bonds is 2. The van der Waals surface area contributed by atoms with Crippen LogP contribution in [-0.2, 0) is 15.7 Å². The van der Waals surface area contributed by atoms with Gasteiger partial charge in [-0.2, -0.15) is 18.3 Å². The van der Waals surface area contributed by atoms with E-state index in [1.165, 1.54) is 17.0 Å². The third-order valence-electron chi connectivity index (χ3n) is 4.87. The van der Waals surface area contributed by atoms with Gasteiger partial charge >= 0.3 is 6.18 Å².